The van der Waals surface area contributed by atoms with Crippen LogP contribution in [0.15, 0.2) is 24.3 Å². The summed E-state index contributed by atoms with van der Waals surface area (Å²) < 4.78 is 0. The highest BCUT2D eigenvalue weighted by atomic mass is 16.2. The van der Waals surface area contributed by atoms with Gasteiger partial charge in [0.1, 0.15) is 11.6 Å². The van der Waals surface area contributed by atoms with Crippen LogP contribution in [0.5, 0.6) is 0 Å². The fourth-order valence-electron chi connectivity index (χ4n) is 3.08. The van der Waals surface area contributed by atoms with Crippen LogP contribution in [0.3, 0.4) is 0 Å². The molecule has 1 aromatic rings. The molecule has 4 heteroatoms. The first-order valence-electron chi connectivity index (χ1n) is 6.39. The van der Waals surface area contributed by atoms with E-state index in [1.54, 1.807) is 4.90 Å². The number of carbonyl (C=O) groups excluding carboxylic acids is 2. The zero-order chi connectivity index (χ0) is 12.3. The van der Waals surface area contributed by atoms with Crippen LogP contribution in [0.1, 0.15) is 24.0 Å². The molecule has 2 heterocycles. The van der Waals surface area contributed by atoms with Crippen molar-refractivity contribution in [3.05, 3.63) is 35.4 Å². The minimum Gasteiger partial charge on any atom is -0.340 e. The van der Waals surface area contributed by atoms with E-state index in [2.05, 4.69) is 5.32 Å². The lowest BCUT2D eigenvalue weighted by Crippen LogP contribution is -2.66. The van der Waals surface area contributed by atoms with Crippen LogP contribution >= 0.6 is 0 Å². The van der Waals surface area contributed by atoms with E-state index in [4.69, 9.17) is 0 Å². The van der Waals surface area contributed by atoms with Crippen LogP contribution in [0.4, 0.5) is 0 Å². The maximum Gasteiger partial charge on any atom is 0.249 e. The molecule has 4 nitrogen and oxygen atoms in total. The molecule has 1 spiro atoms. The Morgan fingerprint density at radius 3 is 2.61 bits per heavy atom. The molecular weight excluding hydrogens is 228 g/mol. The first kappa shape index (κ1) is 10.1. The lowest BCUT2D eigenvalue weighted by molar-refractivity contribution is -0.152. The van der Waals surface area contributed by atoms with Crippen LogP contribution in [0.2, 0.25) is 0 Å². The lowest BCUT2D eigenvalue weighted by Gasteiger charge is -2.42. The monoisotopic (exact) mass is 242 g/mol. The van der Waals surface area contributed by atoms with Gasteiger partial charge in [0.15, 0.2) is 0 Å². The van der Waals surface area contributed by atoms with Crippen LogP contribution in [-0.2, 0) is 22.6 Å². The van der Waals surface area contributed by atoms with Gasteiger partial charge in [-0.15, -0.1) is 0 Å². The summed E-state index contributed by atoms with van der Waals surface area (Å²) in [6, 6.07) is 7.76. The van der Waals surface area contributed by atoms with Gasteiger partial charge < -0.3 is 10.2 Å². The highest BCUT2D eigenvalue weighted by molar-refractivity contribution is 6.02. The van der Waals surface area contributed by atoms with Gasteiger partial charge in [-0.3, -0.25) is 9.59 Å². The minimum atomic E-state index is -0.542. The minimum absolute atomic E-state index is 0.0154. The molecule has 1 atom stereocenters. The summed E-state index contributed by atoms with van der Waals surface area (Å²) in [5.74, 6) is 0.128. The molecule has 3 aliphatic rings. The van der Waals surface area contributed by atoms with Crippen LogP contribution in [-0.4, -0.2) is 28.3 Å². The predicted octanol–water partition coefficient (Wildman–Crippen LogP) is 0.602. The summed E-state index contributed by atoms with van der Waals surface area (Å²) >= 11 is 0. The zero-order valence-electron chi connectivity index (χ0n) is 9.98. The Morgan fingerprint density at radius 1 is 1.17 bits per heavy atom. The number of benzene rings is 1. The predicted molar refractivity (Wildman–Crippen MR) is 64.6 cm³/mol. The van der Waals surface area contributed by atoms with Crippen molar-refractivity contribution >= 4 is 11.8 Å². The molecule has 4 rings (SSSR count). The summed E-state index contributed by atoms with van der Waals surface area (Å²) in [6.07, 6.45) is 2.23. The average Bonchev–Trinajstić information content (AvgIpc) is 3.15. The number of nitrogens with zero attached hydrogens (tertiary/aromatic N) is 1. The Balaban J connectivity index is 1.76. The standard InChI is InChI=1S/C14H14N2O2/c17-12-11-7-9-3-1-2-4-10(9)8-16(11)13(18)14(15-12)5-6-14/h1-4,11H,5-8H2,(H,15,17)/t11-/m1/s1. The molecule has 1 aliphatic carbocycles. The molecule has 1 aromatic carbocycles. The number of hydrogen-bond acceptors (Lipinski definition) is 2. The normalized spacial score (nSPS) is 27.6. The summed E-state index contributed by atoms with van der Waals surface area (Å²) in [5, 5.41) is 2.92. The van der Waals surface area contributed by atoms with Crippen LogP contribution in [0, 0.1) is 0 Å². The Labute approximate surface area is 105 Å². The van der Waals surface area contributed by atoms with E-state index >= 15 is 0 Å². The van der Waals surface area contributed by atoms with Crippen molar-refractivity contribution in [3.63, 3.8) is 0 Å². The average molecular weight is 242 g/mol. The van der Waals surface area contributed by atoms with Crippen molar-refractivity contribution in [2.45, 2.75) is 37.4 Å². The van der Waals surface area contributed by atoms with Crippen molar-refractivity contribution in [1.29, 1.82) is 0 Å². The van der Waals surface area contributed by atoms with Gasteiger partial charge in [-0.05, 0) is 24.0 Å². The third kappa shape index (κ3) is 1.20. The molecule has 1 saturated carbocycles. The number of carbonyl (C=O) groups is 2. The Hall–Kier alpha value is -1.84. The van der Waals surface area contributed by atoms with Crippen molar-refractivity contribution in [1.82, 2.24) is 10.2 Å². The molecule has 2 aliphatic heterocycles. The van der Waals surface area contributed by atoms with E-state index in [9.17, 15) is 9.59 Å². The molecular formula is C14H14N2O2. The maximum atomic E-state index is 12.4. The summed E-state index contributed by atoms with van der Waals surface area (Å²) in [6.45, 7) is 0.578. The third-order valence-electron chi connectivity index (χ3n) is 4.33. The molecule has 2 amide bonds. The Bertz CT molecular complexity index is 563. The van der Waals surface area contributed by atoms with E-state index in [0.717, 1.165) is 12.8 Å². The van der Waals surface area contributed by atoms with E-state index in [-0.39, 0.29) is 17.9 Å². The Morgan fingerprint density at radius 2 is 1.89 bits per heavy atom. The quantitative estimate of drug-likeness (QED) is 0.724. The van der Waals surface area contributed by atoms with Crippen molar-refractivity contribution in [2.24, 2.45) is 0 Å². The molecule has 0 aromatic heterocycles. The topological polar surface area (TPSA) is 49.4 Å². The summed E-state index contributed by atoms with van der Waals surface area (Å²) in [4.78, 5) is 26.3. The number of fused-ring (bicyclic) bond motifs is 2. The van der Waals surface area contributed by atoms with Gasteiger partial charge in [-0.1, -0.05) is 24.3 Å². The van der Waals surface area contributed by atoms with Gasteiger partial charge in [0.25, 0.3) is 0 Å². The molecule has 0 unspecified atom stereocenters. The number of rotatable bonds is 0. The molecule has 92 valence electrons. The van der Waals surface area contributed by atoms with Gasteiger partial charge in [0.2, 0.25) is 11.8 Å². The second kappa shape index (κ2) is 3.13. The molecule has 0 bridgehead atoms. The summed E-state index contributed by atoms with van der Waals surface area (Å²) in [5.41, 5.74) is 1.82. The fraction of sp³-hybridized carbons (Fsp3) is 0.429. The highest BCUT2D eigenvalue weighted by Gasteiger charge is 2.58. The number of nitrogens with one attached hydrogen (secondary N) is 1. The van der Waals surface area contributed by atoms with Crippen molar-refractivity contribution in [2.75, 3.05) is 0 Å². The maximum absolute atomic E-state index is 12.4. The van der Waals surface area contributed by atoms with E-state index in [1.807, 2.05) is 24.3 Å². The third-order valence-corrected chi connectivity index (χ3v) is 4.33. The van der Waals surface area contributed by atoms with Gasteiger partial charge in [-0.2, -0.15) is 0 Å². The summed E-state index contributed by atoms with van der Waals surface area (Å²) in [7, 11) is 0. The molecule has 1 N–H and O–H groups in total. The smallest absolute Gasteiger partial charge is 0.249 e. The lowest BCUT2D eigenvalue weighted by atomic mass is 9.90. The van der Waals surface area contributed by atoms with Gasteiger partial charge in [0.05, 0.1) is 0 Å². The second-order valence-electron chi connectivity index (χ2n) is 5.49. The fourth-order valence-corrected chi connectivity index (χ4v) is 3.08. The van der Waals surface area contributed by atoms with Gasteiger partial charge in [0, 0.05) is 13.0 Å². The number of piperazine rings is 1. The van der Waals surface area contributed by atoms with Gasteiger partial charge >= 0.3 is 0 Å². The SMILES string of the molecule is O=C1NC2(CC2)C(=O)N2Cc3ccccc3C[C@H]12. The van der Waals surface area contributed by atoms with Crippen molar-refractivity contribution < 1.29 is 9.59 Å². The van der Waals surface area contributed by atoms with E-state index < -0.39 is 5.54 Å². The largest absolute Gasteiger partial charge is 0.340 e. The van der Waals surface area contributed by atoms with Crippen LogP contribution in [0.25, 0.3) is 0 Å². The first-order chi connectivity index (χ1) is 8.70. The number of hydrogen-bond donors (Lipinski definition) is 1. The number of amides is 2. The molecule has 2 fully saturated rings. The molecule has 1 saturated heterocycles. The van der Waals surface area contributed by atoms with Crippen LogP contribution < -0.4 is 5.32 Å². The second-order valence-corrected chi connectivity index (χ2v) is 5.49. The molecule has 18 heavy (non-hydrogen) atoms. The van der Waals surface area contributed by atoms with E-state index in [1.165, 1.54) is 11.1 Å². The van der Waals surface area contributed by atoms with Crippen molar-refractivity contribution in [3.8, 4) is 0 Å². The zero-order valence-corrected chi connectivity index (χ0v) is 9.98. The Kier molecular flexibility index (Phi) is 1.76. The highest BCUT2D eigenvalue weighted by Crippen LogP contribution is 2.42. The van der Waals surface area contributed by atoms with E-state index in [0.29, 0.717) is 13.0 Å². The molecule has 0 radical (unpaired) electrons. The first-order valence-corrected chi connectivity index (χ1v) is 6.39. The van der Waals surface area contributed by atoms with Gasteiger partial charge in [-0.25, -0.2) is 0 Å².